The zero-order valence-electron chi connectivity index (χ0n) is 7.66. The average molecular weight is 172 g/mol. The van der Waals surface area contributed by atoms with Crippen LogP contribution in [0.5, 0.6) is 0 Å². The van der Waals surface area contributed by atoms with E-state index in [1.54, 1.807) is 6.26 Å². The van der Waals surface area contributed by atoms with E-state index in [2.05, 4.69) is 19.1 Å². The van der Waals surface area contributed by atoms with E-state index in [0.29, 0.717) is 0 Å². The van der Waals surface area contributed by atoms with E-state index < -0.39 is 0 Å². The van der Waals surface area contributed by atoms with Crippen molar-refractivity contribution in [3.8, 4) is 11.3 Å². The van der Waals surface area contributed by atoms with Gasteiger partial charge in [0.05, 0.1) is 6.26 Å². The second-order valence-corrected chi connectivity index (χ2v) is 2.99. The van der Waals surface area contributed by atoms with Crippen LogP contribution in [0.25, 0.3) is 11.3 Å². The largest absolute Gasteiger partial charge is 0.464 e. The standard InChI is InChI=1S/C12H12O/c1-2-10-8-9-13-12(10)11-6-4-3-5-7-11/h3-9H,2H2,1H3. The van der Waals surface area contributed by atoms with E-state index in [9.17, 15) is 0 Å². The van der Waals surface area contributed by atoms with Crippen molar-refractivity contribution in [1.82, 2.24) is 0 Å². The first-order valence-electron chi connectivity index (χ1n) is 4.53. The van der Waals surface area contributed by atoms with E-state index in [-0.39, 0.29) is 0 Å². The third kappa shape index (κ3) is 1.50. The fourth-order valence-electron chi connectivity index (χ4n) is 1.46. The van der Waals surface area contributed by atoms with Crippen LogP contribution < -0.4 is 0 Å². The van der Waals surface area contributed by atoms with E-state index in [0.717, 1.165) is 17.7 Å². The van der Waals surface area contributed by atoms with Gasteiger partial charge in [-0.15, -0.1) is 0 Å². The SMILES string of the molecule is CCc1ccoc1-c1ccccc1. The Bertz CT molecular complexity index is 373. The Morgan fingerprint density at radius 3 is 2.54 bits per heavy atom. The number of hydrogen-bond donors (Lipinski definition) is 0. The molecule has 0 spiro atoms. The first kappa shape index (κ1) is 8.11. The maximum Gasteiger partial charge on any atom is 0.137 e. The van der Waals surface area contributed by atoms with Gasteiger partial charge in [0.15, 0.2) is 0 Å². The van der Waals surface area contributed by atoms with Crippen molar-refractivity contribution < 1.29 is 4.42 Å². The predicted octanol–water partition coefficient (Wildman–Crippen LogP) is 3.51. The van der Waals surface area contributed by atoms with E-state index >= 15 is 0 Å². The summed E-state index contributed by atoms with van der Waals surface area (Å²) in [6, 6.07) is 12.2. The average Bonchev–Trinajstić information content (AvgIpc) is 2.67. The van der Waals surface area contributed by atoms with E-state index in [1.807, 2.05) is 24.3 Å². The smallest absolute Gasteiger partial charge is 0.137 e. The molecule has 1 heteroatoms. The molecule has 1 heterocycles. The summed E-state index contributed by atoms with van der Waals surface area (Å²) in [6.45, 7) is 2.14. The predicted molar refractivity (Wildman–Crippen MR) is 53.5 cm³/mol. The maximum atomic E-state index is 5.44. The van der Waals surface area contributed by atoms with Gasteiger partial charge in [0, 0.05) is 5.56 Å². The van der Waals surface area contributed by atoms with Crippen LogP contribution >= 0.6 is 0 Å². The normalized spacial score (nSPS) is 10.2. The number of furan rings is 1. The molecule has 2 rings (SSSR count). The van der Waals surface area contributed by atoms with Crippen molar-refractivity contribution in [2.75, 3.05) is 0 Å². The molecule has 1 aromatic carbocycles. The number of hydrogen-bond acceptors (Lipinski definition) is 1. The molecule has 0 N–H and O–H groups in total. The van der Waals surface area contributed by atoms with Crippen molar-refractivity contribution >= 4 is 0 Å². The quantitative estimate of drug-likeness (QED) is 0.675. The first-order chi connectivity index (χ1) is 6.42. The van der Waals surface area contributed by atoms with Crippen LogP contribution in [-0.4, -0.2) is 0 Å². The highest BCUT2D eigenvalue weighted by molar-refractivity contribution is 5.60. The zero-order chi connectivity index (χ0) is 9.10. The van der Waals surface area contributed by atoms with Gasteiger partial charge in [0.2, 0.25) is 0 Å². The summed E-state index contributed by atoms with van der Waals surface area (Å²) in [4.78, 5) is 0. The van der Waals surface area contributed by atoms with Gasteiger partial charge < -0.3 is 4.42 Å². The molecule has 0 bridgehead atoms. The number of aryl methyl sites for hydroxylation is 1. The Kier molecular flexibility index (Phi) is 2.17. The Morgan fingerprint density at radius 2 is 1.85 bits per heavy atom. The molecule has 0 saturated heterocycles. The molecule has 66 valence electrons. The second kappa shape index (κ2) is 3.48. The number of rotatable bonds is 2. The van der Waals surface area contributed by atoms with Crippen molar-refractivity contribution in [1.29, 1.82) is 0 Å². The molecule has 1 nitrogen and oxygen atoms in total. The van der Waals surface area contributed by atoms with Crippen molar-refractivity contribution in [3.05, 3.63) is 48.2 Å². The van der Waals surface area contributed by atoms with Crippen LogP contribution in [-0.2, 0) is 6.42 Å². The van der Waals surface area contributed by atoms with Crippen LogP contribution in [0, 0.1) is 0 Å². The minimum absolute atomic E-state index is 1.00. The molecule has 0 aliphatic heterocycles. The highest BCUT2D eigenvalue weighted by Gasteiger charge is 2.05. The van der Waals surface area contributed by atoms with Gasteiger partial charge >= 0.3 is 0 Å². The molecule has 13 heavy (non-hydrogen) atoms. The van der Waals surface area contributed by atoms with Crippen LogP contribution in [0.1, 0.15) is 12.5 Å². The lowest BCUT2D eigenvalue weighted by molar-refractivity contribution is 0.580. The molecule has 0 aliphatic rings. The lowest BCUT2D eigenvalue weighted by Gasteiger charge is -1.98. The highest BCUT2D eigenvalue weighted by atomic mass is 16.3. The molecule has 2 aromatic rings. The Labute approximate surface area is 78.0 Å². The Balaban J connectivity index is 2.47. The highest BCUT2D eigenvalue weighted by Crippen LogP contribution is 2.24. The monoisotopic (exact) mass is 172 g/mol. The lowest BCUT2D eigenvalue weighted by atomic mass is 10.1. The maximum absolute atomic E-state index is 5.44. The summed E-state index contributed by atoms with van der Waals surface area (Å²) in [7, 11) is 0. The van der Waals surface area contributed by atoms with Gasteiger partial charge in [-0.25, -0.2) is 0 Å². The summed E-state index contributed by atoms with van der Waals surface area (Å²) in [5, 5.41) is 0. The molecular weight excluding hydrogens is 160 g/mol. The van der Waals surface area contributed by atoms with Gasteiger partial charge in [-0.2, -0.15) is 0 Å². The van der Waals surface area contributed by atoms with E-state index in [1.165, 1.54) is 5.56 Å². The van der Waals surface area contributed by atoms with Crippen molar-refractivity contribution in [2.45, 2.75) is 13.3 Å². The molecule has 0 radical (unpaired) electrons. The third-order valence-corrected chi connectivity index (χ3v) is 2.16. The molecule has 0 fully saturated rings. The molecule has 0 aliphatic carbocycles. The molecule has 0 unspecified atom stereocenters. The van der Waals surface area contributed by atoms with Gasteiger partial charge in [-0.1, -0.05) is 37.3 Å². The minimum atomic E-state index is 1.00. The first-order valence-corrected chi connectivity index (χ1v) is 4.53. The summed E-state index contributed by atoms with van der Waals surface area (Å²) < 4.78 is 5.44. The van der Waals surface area contributed by atoms with E-state index in [4.69, 9.17) is 4.42 Å². The Morgan fingerprint density at radius 1 is 1.08 bits per heavy atom. The summed E-state index contributed by atoms with van der Waals surface area (Å²) in [6.07, 6.45) is 2.77. The molecule has 0 amide bonds. The zero-order valence-corrected chi connectivity index (χ0v) is 7.66. The topological polar surface area (TPSA) is 13.1 Å². The third-order valence-electron chi connectivity index (χ3n) is 2.16. The van der Waals surface area contributed by atoms with Gasteiger partial charge in [-0.3, -0.25) is 0 Å². The van der Waals surface area contributed by atoms with Gasteiger partial charge in [0.1, 0.15) is 5.76 Å². The number of benzene rings is 1. The van der Waals surface area contributed by atoms with Crippen LogP contribution in [0.4, 0.5) is 0 Å². The van der Waals surface area contributed by atoms with Gasteiger partial charge in [-0.05, 0) is 18.1 Å². The second-order valence-electron chi connectivity index (χ2n) is 2.99. The summed E-state index contributed by atoms with van der Waals surface area (Å²) in [5.74, 6) is 1.00. The molecule has 0 saturated carbocycles. The molecular formula is C12H12O. The summed E-state index contributed by atoms with van der Waals surface area (Å²) >= 11 is 0. The minimum Gasteiger partial charge on any atom is -0.464 e. The Hall–Kier alpha value is -1.50. The van der Waals surface area contributed by atoms with Crippen molar-refractivity contribution in [2.24, 2.45) is 0 Å². The molecule has 1 aromatic heterocycles. The summed E-state index contributed by atoms with van der Waals surface area (Å²) in [5.41, 5.74) is 2.43. The fourth-order valence-corrected chi connectivity index (χ4v) is 1.46. The van der Waals surface area contributed by atoms with Crippen molar-refractivity contribution in [3.63, 3.8) is 0 Å². The molecule has 0 atom stereocenters. The fraction of sp³-hybridized carbons (Fsp3) is 0.167. The van der Waals surface area contributed by atoms with Crippen LogP contribution in [0.3, 0.4) is 0 Å². The van der Waals surface area contributed by atoms with Crippen LogP contribution in [0.15, 0.2) is 47.1 Å². The lowest BCUT2D eigenvalue weighted by Crippen LogP contribution is -1.80. The van der Waals surface area contributed by atoms with Gasteiger partial charge in [0.25, 0.3) is 0 Å². The van der Waals surface area contributed by atoms with Crippen LogP contribution in [0.2, 0.25) is 0 Å².